The van der Waals surface area contributed by atoms with Crippen LogP contribution in [0.3, 0.4) is 0 Å². The van der Waals surface area contributed by atoms with E-state index in [2.05, 4.69) is 168 Å². The van der Waals surface area contributed by atoms with E-state index in [1.54, 1.807) is 0 Å². The number of carbonyl (C=O) groups is 12. The molecule has 102 heavy (non-hydrogen) atoms. The first-order valence-corrected chi connectivity index (χ1v) is 48.0. The van der Waals surface area contributed by atoms with Crippen molar-refractivity contribution in [1.82, 2.24) is 128 Å². The van der Waals surface area contributed by atoms with Crippen LogP contribution in [0.5, 0.6) is 0 Å². The fourth-order valence-electron chi connectivity index (χ4n) is 6.70. The minimum absolute atomic E-state index is 0.00694. The van der Waals surface area contributed by atoms with Crippen molar-refractivity contribution in [3.8, 4) is 0 Å². The molecule has 0 aromatic heterocycles. The predicted molar refractivity (Wildman–Crippen MR) is 381 cm³/mol. The Hall–Kier alpha value is -0.243. The van der Waals surface area contributed by atoms with Crippen molar-refractivity contribution in [3.63, 3.8) is 0 Å². The molecule has 3 aliphatic heterocycles. The number of nitrogens with one attached hydrogen (secondary N) is 24. The molecule has 0 aliphatic carbocycles. The summed E-state index contributed by atoms with van der Waals surface area (Å²) in [5, 5.41) is 67.8. The molecule has 0 spiro atoms. The number of halogens is 12. The SMILES string of the molecule is O=C1NCCNCCNCCNC(=O)C(=O)NCCNCCNCCNC1=O.O=C1NCCNCCNCCNC(=O)C(=O)NCCNCCNCCNC1=O.O=C1NCCNCCNCCNC(=O)C(=O)NCCNCCNCCNC1=O.[Cl][Cu][Cl].[Cl][Cu][Cl].[Cl][Fe][Cl].[Cl][Fe][Cl].[Cl][Mn][Cl].[Cl][Mn][Cl]. The molecule has 0 aromatic rings. The topological polar surface area (TPSA) is 494 Å². The number of amides is 12. The predicted octanol–water partition coefficient (Wildman–Crippen LogP) is -7.27. The van der Waals surface area contributed by atoms with Crippen LogP contribution >= 0.6 is 121 Å². The molecule has 3 heterocycles. The molecule has 3 fully saturated rings. The summed E-state index contributed by atoms with van der Waals surface area (Å²) in [7, 11) is 56.9. The molecule has 12 amide bonds. The first-order chi connectivity index (χ1) is 49.3. The molecule has 0 bridgehead atoms. The van der Waals surface area contributed by atoms with E-state index < -0.39 is 70.9 Å². The minimum atomic E-state index is -0.645. The molecule has 3 rings (SSSR count). The van der Waals surface area contributed by atoms with Gasteiger partial charge in [-0.3, -0.25) is 57.5 Å². The van der Waals surface area contributed by atoms with Gasteiger partial charge in [0.2, 0.25) is 0 Å². The van der Waals surface area contributed by atoms with E-state index in [4.69, 9.17) is 80.8 Å². The molecule has 0 saturated carbocycles. The molecule has 0 radical (unpaired) electrons. The summed E-state index contributed by atoms with van der Waals surface area (Å²) in [6.45, 7) is 18.5. The van der Waals surface area contributed by atoms with Crippen molar-refractivity contribution in [2.24, 2.45) is 0 Å². The zero-order valence-electron chi connectivity index (χ0n) is 55.0. The van der Waals surface area contributed by atoms with E-state index in [9.17, 15) is 57.5 Å². The number of rotatable bonds is 0. The zero-order valence-corrected chi connectivity index (χ0v) is 70.5. The Labute approximate surface area is 684 Å². The summed E-state index contributed by atoms with van der Waals surface area (Å²) in [4.78, 5) is 139. The monoisotopic (exact) mass is 1970 g/mol. The van der Waals surface area contributed by atoms with Crippen molar-refractivity contribution >= 4 is 192 Å². The van der Waals surface area contributed by atoms with Crippen LogP contribution in [-0.4, -0.2) is 306 Å². The Morgan fingerprint density at radius 1 is 0.186 bits per heavy atom. The summed E-state index contributed by atoms with van der Waals surface area (Å²) in [6, 6.07) is 0. The van der Waals surface area contributed by atoms with E-state index in [0.29, 0.717) is 236 Å². The molecular formula is C48H96Cl12Cu2Fe2Mn2N24O12. The summed E-state index contributed by atoms with van der Waals surface area (Å²) in [5.74, 6) is -7.74. The molecular weight excluding hydrogens is 1880 g/mol. The van der Waals surface area contributed by atoms with Gasteiger partial charge in [-0.2, -0.15) is 0 Å². The molecule has 24 N–H and O–H groups in total. The van der Waals surface area contributed by atoms with Crippen LogP contribution in [0.1, 0.15) is 0 Å². The van der Waals surface area contributed by atoms with Gasteiger partial charge >= 0.3 is 271 Å². The van der Waals surface area contributed by atoms with Crippen molar-refractivity contribution in [2.75, 3.05) is 236 Å². The van der Waals surface area contributed by atoms with Gasteiger partial charge in [0.1, 0.15) is 0 Å². The summed E-state index contributed by atoms with van der Waals surface area (Å²) >= 11 is 1.92. The van der Waals surface area contributed by atoms with Crippen molar-refractivity contribution in [2.45, 2.75) is 0 Å². The Morgan fingerprint density at radius 2 is 0.235 bits per heavy atom. The quantitative estimate of drug-likeness (QED) is 0.0791. The average Bonchev–Trinajstić information content (AvgIpc) is 1.17. The van der Waals surface area contributed by atoms with Crippen molar-refractivity contribution in [3.05, 3.63) is 0 Å². The zero-order chi connectivity index (χ0) is 77.6. The third-order valence-electron chi connectivity index (χ3n) is 11.2. The molecule has 0 aromatic carbocycles. The standard InChI is InChI=1S/3C16H32N8O4.12ClH.2Cu.2Fe.2Mn/c3*25-13-14(26)23-11-7-19-3-4-20-8-12-24-16(28)15(27)22-10-6-18-2-1-17-5-9-21-13;;;;;;;;;;;;;;;;;;/h3*17-20H,1-12H2,(H,21,25)(H,22,27)(H,23,26)(H,24,28);12*1H;;;;;;/q;;;;;;;;;;;;;;;6*+2/p-12. The Bertz CT molecular complexity index is 1640. The van der Waals surface area contributed by atoms with Gasteiger partial charge in [-0.15, -0.1) is 0 Å². The summed E-state index contributed by atoms with van der Waals surface area (Å²) in [6.07, 6.45) is 0. The average molecular weight is 1980 g/mol. The second kappa shape index (κ2) is 96.8. The van der Waals surface area contributed by atoms with Gasteiger partial charge in [0.05, 0.1) is 0 Å². The van der Waals surface area contributed by atoms with Crippen LogP contribution in [0.2, 0.25) is 0 Å². The van der Waals surface area contributed by atoms with Crippen molar-refractivity contribution in [1.29, 1.82) is 0 Å². The van der Waals surface area contributed by atoms with E-state index in [0.717, 1.165) is 26.3 Å². The number of hydrogen-bond donors (Lipinski definition) is 24. The summed E-state index contributed by atoms with van der Waals surface area (Å²) < 4.78 is 0. The van der Waals surface area contributed by atoms with E-state index >= 15 is 0 Å². The van der Waals surface area contributed by atoms with Gasteiger partial charge < -0.3 is 128 Å². The van der Waals surface area contributed by atoms with Crippen molar-refractivity contribution < 1.29 is 136 Å². The number of hydrogen-bond acceptors (Lipinski definition) is 24. The Morgan fingerprint density at radius 3 is 0.294 bits per heavy atom. The second-order valence-electron chi connectivity index (χ2n) is 18.4. The molecule has 54 heteroatoms. The maximum atomic E-state index is 11.6. The van der Waals surface area contributed by atoms with Crippen LogP contribution in [0.15, 0.2) is 0 Å². The van der Waals surface area contributed by atoms with Gasteiger partial charge in [-0.25, -0.2) is 0 Å². The molecule has 616 valence electrons. The van der Waals surface area contributed by atoms with Crippen LogP contribution < -0.4 is 128 Å². The first kappa shape index (κ1) is 113. The fraction of sp³-hybridized carbons (Fsp3) is 0.750. The van der Waals surface area contributed by atoms with Gasteiger partial charge in [-0.1, -0.05) is 0 Å². The van der Waals surface area contributed by atoms with Crippen LogP contribution in [0, 0.1) is 0 Å². The van der Waals surface area contributed by atoms with Gasteiger partial charge in [0.15, 0.2) is 0 Å². The first-order valence-electron chi connectivity index (χ1n) is 30.2. The second-order valence-corrected chi connectivity index (χ2v) is 29.0. The molecule has 3 saturated heterocycles. The molecule has 0 atom stereocenters. The van der Waals surface area contributed by atoms with Crippen LogP contribution in [-0.2, 0) is 136 Å². The molecule has 36 nitrogen and oxygen atoms in total. The fourth-order valence-corrected chi connectivity index (χ4v) is 6.70. The van der Waals surface area contributed by atoms with E-state index in [1.807, 2.05) is 0 Å². The van der Waals surface area contributed by atoms with Gasteiger partial charge in [0.25, 0.3) is 0 Å². The van der Waals surface area contributed by atoms with E-state index in [1.165, 1.54) is 0 Å². The molecule has 3 aliphatic rings. The number of carbonyl (C=O) groups excluding carboxylic acids is 12. The van der Waals surface area contributed by atoms with Gasteiger partial charge in [-0.05, 0) is 0 Å². The Balaban J connectivity index is -0.000000302. The van der Waals surface area contributed by atoms with Gasteiger partial charge in [0, 0.05) is 236 Å². The van der Waals surface area contributed by atoms with Crippen LogP contribution in [0.4, 0.5) is 0 Å². The third kappa shape index (κ3) is 94.0. The Kier molecular flexibility index (Phi) is 107. The molecule has 0 unspecified atom stereocenters. The normalized spacial score (nSPS) is 18.9. The maximum absolute atomic E-state index is 11.6. The third-order valence-corrected chi connectivity index (χ3v) is 11.2. The van der Waals surface area contributed by atoms with E-state index in [-0.39, 0.29) is 52.5 Å². The van der Waals surface area contributed by atoms with Crippen LogP contribution in [0.25, 0.3) is 0 Å². The summed E-state index contributed by atoms with van der Waals surface area (Å²) in [5.41, 5.74) is 0.